The van der Waals surface area contributed by atoms with Crippen LogP contribution in [0.25, 0.3) is 0 Å². The maximum atomic E-state index is 12.7. The smallest absolute Gasteiger partial charge is 0.330 e. The lowest BCUT2D eigenvalue weighted by Crippen LogP contribution is -2.52. The summed E-state index contributed by atoms with van der Waals surface area (Å²) >= 11 is 1.63. The summed E-state index contributed by atoms with van der Waals surface area (Å²) in [6, 6.07) is 6.40. The molecule has 1 aromatic rings. The third-order valence-corrected chi connectivity index (χ3v) is 6.44. The quantitative estimate of drug-likeness (QED) is 0.119. The fourth-order valence-corrected chi connectivity index (χ4v) is 4.29. The van der Waals surface area contributed by atoms with Crippen LogP contribution in [-0.2, 0) is 38.1 Å². The number of ether oxygens (including phenoxy) is 4. The number of benzene rings is 1. The molecule has 0 unspecified atom stereocenters. The second kappa shape index (κ2) is 17.5. The molecule has 42 heavy (non-hydrogen) atoms. The molecule has 0 aromatic heterocycles. The molecule has 0 aliphatic rings. The van der Waals surface area contributed by atoms with Gasteiger partial charge in [-0.25, -0.2) is 19.2 Å². The molecule has 14 heteroatoms. The van der Waals surface area contributed by atoms with Crippen molar-refractivity contribution in [3.8, 4) is 0 Å². The topological polar surface area (TPSA) is 163 Å². The van der Waals surface area contributed by atoms with E-state index in [4.69, 9.17) is 18.9 Å². The van der Waals surface area contributed by atoms with Gasteiger partial charge in [0.15, 0.2) is 0 Å². The highest BCUT2D eigenvalue weighted by atomic mass is 32.2. The summed E-state index contributed by atoms with van der Waals surface area (Å²) in [5.41, 5.74) is -2.50. The van der Waals surface area contributed by atoms with Crippen molar-refractivity contribution < 1.29 is 47.7 Å². The molecule has 0 radical (unpaired) electrons. The zero-order chi connectivity index (χ0) is 31.8. The lowest BCUT2D eigenvalue weighted by molar-refractivity contribution is -0.145. The molecule has 0 saturated carbocycles. The second-order valence-electron chi connectivity index (χ2n) is 8.87. The van der Waals surface area contributed by atoms with Crippen LogP contribution in [0.4, 0.5) is 9.59 Å². The van der Waals surface area contributed by atoms with E-state index in [0.717, 1.165) is 47.8 Å². The SMILES string of the molecule is C=CC(=O)OCC(C)(COC(=O)C=C)NC(=O)Sc1ccc(SC(=O)NC(C)(COC(=O)C=C)COC(=O)C=C)cc1. The van der Waals surface area contributed by atoms with Gasteiger partial charge in [0.25, 0.3) is 10.5 Å². The predicted octanol–water partition coefficient (Wildman–Crippen LogP) is 3.72. The largest absolute Gasteiger partial charge is 0.460 e. The van der Waals surface area contributed by atoms with Crippen LogP contribution in [0.5, 0.6) is 0 Å². The molecule has 0 spiro atoms. The number of hydrogen-bond acceptors (Lipinski definition) is 12. The number of thioether (sulfide) groups is 2. The molecule has 0 heterocycles. The van der Waals surface area contributed by atoms with Gasteiger partial charge in [-0.2, -0.15) is 0 Å². The zero-order valence-corrected chi connectivity index (χ0v) is 24.8. The van der Waals surface area contributed by atoms with Gasteiger partial charge in [-0.05, 0) is 61.6 Å². The Hall–Kier alpha value is -4.30. The van der Waals surface area contributed by atoms with E-state index >= 15 is 0 Å². The Morgan fingerprint density at radius 2 is 0.833 bits per heavy atom. The van der Waals surface area contributed by atoms with Crippen LogP contribution in [0.2, 0.25) is 0 Å². The third kappa shape index (κ3) is 13.9. The lowest BCUT2D eigenvalue weighted by Gasteiger charge is -2.29. The highest BCUT2D eigenvalue weighted by Crippen LogP contribution is 2.26. The van der Waals surface area contributed by atoms with Gasteiger partial charge < -0.3 is 29.6 Å². The van der Waals surface area contributed by atoms with E-state index in [1.54, 1.807) is 24.3 Å². The van der Waals surface area contributed by atoms with E-state index in [0.29, 0.717) is 9.79 Å². The summed E-state index contributed by atoms with van der Waals surface area (Å²) in [6.07, 6.45) is 3.84. The number of carbonyl (C=O) groups is 6. The van der Waals surface area contributed by atoms with Gasteiger partial charge in [0.05, 0.1) is 0 Å². The first-order valence-electron chi connectivity index (χ1n) is 12.0. The molecule has 0 fully saturated rings. The van der Waals surface area contributed by atoms with Crippen LogP contribution in [-0.4, -0.2) is 71.9 Å². The van der Waals surface area contributed by atoms with Crippen LogP contribution in [0, 0.1) is 0 Å². The maximum Gasteiger partial charge on any atom is 0.330 e. The van der Waals surface area contributed by atoms with Crippen molar-refractivity contribution in [2.75, 3.05) is 26.4 Å². The minimum atomic E-state index is -1.25. The normalized spacial score (nSPS) is 10.7. The molecule has 0 saturated heterocycles. The van der Waals surface area contributed by atoms with Crippen LogP contribution >= 0.6 is 23.5 Å². The number of rotatable bonds is 16. The number of amides is 2. The first kappa shape index (κ1) is 35.7. The first-order valence-corrected chi connectivity index (χ1v) is 13.7. The van der Waals surface area contributed by atoms with Gasteiger partial charge in [-0.15, -0.1) is 0 Å². The van der Waals surface area contributed by atoms with Gasteiger partial charge in [0, 0.05) is 34.1 Å². The first-order chi connectivity index (χ1) is 19.8. The molecule has 0 aliphatic carbocycles. The number of carbonyl (C=O) groups excluding carboxylic acids is 6. The van der Waals surface area contributed by atoms with Crippen LogP contribution in [0.15, 0.2) is 84.7 Å². The molecule has 1 aromatic carbocycles. The lowest BCUT2D eigenvalue weighted by atomic mass is 10.1. The molecule has 1 rings (SSSR count). The Kier molecular flexibility index (Phi) is 14.9. The van der Waals surface area contributed by atoms with Crippen LogP contribution in [0.1, 0.15) is 13.8 Å². The van der Waals surface area contributed by atoms with Crippen molar-refractivity contribution in [2.45, 2.75) is 34.7 Å². The third-order valence-electron chi connectivity index (χ3n) is 4.85. The number of esters is 4. The molecule has 2 N–H and O–H groups in total. The molecular formula is C28H32N2O10S2. The number of hydrogen-bond donors (Lipinski definition) is 2. The Morgan fingerprint density at radius 3 is 1.05 bits per heavy atom. The zero-order valence-electron chi connectivity index (χ0n) is 23.2. The van der Waals surface area contributed by atoms with Crippen molar-refractivity contribution in [1.82, 2.24) is 10.6 Å². The minimum absolute atomic E-state index is 0.294. The Labute approximate surface area is 251 Å². The van der Waals surface area contributed by atoms with Gasteiger partial charge in [-0.1, -0.05) is 26.3 Å². The molecule has 0 bridgehead atoms. The van der Waals surface area contributed by atoms with Gasteiger partial charge in [0.2, 0.25) is 0 Å². The highest BCUT2D eigenvalue weighted by molar-refractivity contribution is 8.14. The van der Waals surface area contributed by atoms with E-state index < -0.39 is 45.4 Å². The van der Waals surface area contributed by atoms with E-state index in [9.17, 15) is 28.8 Å². The van der Waals surface area contributed by atoms with Crippen LogP contribution < -0.4 is 10.6 Å². The summed E-state index contributed by atoms with van der Waals surface area (Å²) < 4.78 is 20.1. The van der Waals surface area contributed by atoms with Crippen molar-refractivity contribution in [3.05, 3.63) is 74.9 Å². The summed E-state index contributed by atoms with van der Waals surface area (Å²) in [4.78, 5) is 72.5. The average molecular weight is 621 g/mol. The molecule has 12 nitrogen and oxygen atoms in total. The van der Waals surface area contributed by atoms with Gasteiger partial charge in [-0.3, -0.25) is 9.59 Å². The van der Waals surface area contributed by atoms with Gasteiger partial charge >= 0.3 is 23.9 Å². The van der Waals surface area contributed by atoms with Gasteiger partial charge in [0.1, 0.15) is 37.5 Å². The standard InChI is InChI=1S/C28H32N2O10S2/c1-7-21(31)37-15-27(5,16-38-22(32)8-2)29-25(35)41-19-11-13-20(14-12-19)42-26(36)30-28(6,17-39-23(33)9-3)18-40-24(34)10-4/h7-14H,1-4,15-18H2,5-6H3,(H,29,35)(H,30,36). The van der Waals surface area contributed by atoms with Crippen LogP contribution in [0.3, 0.4) is 0 Å². The Bertz CT molecular complexity index is 1070. The molecule has 0 atom stereocenters. The fraction of sp³-hybridized carbons (Fsp3) is 0.286. The van der Waals surface area contributed by atoms with E-state index in [1.807, 2.05) is 0 Å². The Balaban J connectivity index is 2.84. The fourth-order valence-electron chi connectivity index (χ4n) is 2.72. The maximum absolute atomic E-state index is 12.7. The monoisotopic (exact) mass is 620 g/mol. The number of nitrogens with one attached hydrogen (secondary N) is 2. The summed E-state index contributed by atoms with van der Waals surface area (Å²) in [6.45, 7) is 15.1. The molecule has 2 amide bonds. The molecular weight excluding hydrogens is 588 g/mol. The summed E-state index contributed by atoms with van der Waals surface area (Å²) in [5.74, 6) is -2.87. The Morgan fingerprint density at radius 1 is 0.595 bits per heavy atom. The van der Waals surface area contributed by atoms with Crippen molar-refractivity contribution in [3.63, 3.8) is 0 Å². The highest BCUT2D eigenvalue weighted by Gasteiger charge is 2.32. The van der Waals surface area contributed by atoms with Crippen molar-refractivity contribution in [1.29, 1.82) is 0 Å². The summed E-state index contributed by atoms with van der Waals surface area (Å²) in [5, 5.41) is 4.28. The molecule has 226 valence electrons. The summed E-state index contributed by atoms with van der Waals surface area (Å²) in [7, 11) is 0. The minimum Gasteiger partial charge on any atom is -0.460 e. The van der Waals surface area contributed by atoms with Crippen molar-refractivity contribution >= 4 is 57.9 Å². The second-order valence-corrected chi connectivity index (χ2v) is 11.0. The van der Waals surface area contributed by atoms with E-state index in [-0.39, 0.29) is 26.4 Å². The average Bonchev–Trinajstić information content (AvgIpc) is 2.97. The molecule has 0 aliphatic heterocycles. The van der Waals surface area contributed by atoms with Crippen molar-refractivity contribution in [2.24, 2.45) is 0 Å². The predicted molar refractivity (Wildman–Crippen MR) is 157 cm³/mol. The van der Waals surface area contributed by atoms with E-state index in [1.165, 1.54) is 13.8 Å². The van der Waals surface area contributed by atoms with E-state index in [2.05, 4.69) is 36.9 Å².